The first kappa shape index (κ1) is 45.6. The van der Waals surface area contributed by atoms with Crippen LogP contribution in [0.3, 0.4) is 0 Å². The SMILES string of the molecule is [2H]c1c(Oc2[c-]c3c(cc2)c2ccccc2n3-c2cc(C(C)(C)C)c(-c3ccc(C)cc3)cn2)[c-]c(N2[CH-]N(c3c(-c4ccc(C(C)(C)C)cc4)cccc3-c3cccc(-c4ccccc4)c3)c3ccccc32)c([2H])c1[2H].[Pt]. The minimum absolute atomic E-state index is 0. The Morgan fingerprint density at radius 1 is 0.533 bits per heavy atom. The van der Waals surface area contributed by atoms with E-state index in [0.717, 1.165) is 94.8 Å². The molecule has 0 N–H and O–H groups in total. The number of hydrogen-bond acceptors (Lipinski definition) is 4. The second kappa shape index (κ2) is 19.7. The van der Waals surface area contributed by atoms with E-state index in [1.165, 1.54) is 11.1 Å². The van der Waals surface area contributed by atoms with E-state index in [0.29, 0.717) is 5.75 Å². The fraction of sp³-hybridized carbons (Fsp3) is 0.130. The predicted octanol–water partition coefficient (Wildman–Crippen LogP) is 18.5. The quantitative estimate of drug-likeness (QED) is 0.135. The molecule has 0 atom stereocenters. The van der Waals surface area contributed by atoms with Crippen LogP contribution in [0, 0.1) is 25.7 Å². The van der Waals surface area contributed by atoms with Crippen molar-refractivity contribution in [3.8, 4) is 61.8 Å². The number of anilines is 4. The van der Waals surface area contributed by atoms with Crippen LogP contribution in [-0.4, -0.2) is 9.55 Å². The Labute approximate surface area is 460 Å². The zero-order chi connectivity index (χ0) is 53.3. The molecule has 0 fully saturated rings. The molecule has 0 amide bonds. The standard InChI is InChI=1S/C69H57N4O.Pt/c1-46-30-32-49(33-31-46)60-44-70-66(43-61(60)69(5,6)7)73-62-27-12-11-24-58(62)59-39-38-55(42-65(59)73)74-54-23-16-22-53(41-54)71-45-72(64-29-14-13-28-63(64)71)67-56(48-34-36-52(37-35-48)68(2,3)4)25-17-26-57(67)51-21-15-20-50(40-51)47-18-9-8-10-19-47;/h8-40,43-45H,1-7H3;/q-3;/i16D,22D,23D;. The number of pyridine rings is 1. The molecular weight excluding hydrogens is 1100 g/mol. The zero-order valence-electron chi connectivity index (χ0n) is 46.1. The molecule has 1 aliphatic rings. The van der Waals surface area contributed by atoms with Gasteiger partial charge in [-0.25, -0.2) is 4.98 Å². The van der Waals surface area contributed by atoms with Gasteiger partial charge in [-0.2, -0.15) is 12.1 Å². The average Bonchev–Trinajstić information content (AvgIpc) is 4.00. The van der Waals surface area contributed by atoms with Crippen LogP contribution in [0.5, 0.6) is 11.5 Å². The molecule has 0 saturated heterocycles. The first-order valence-corrected chi connectivity index (χ1v) is 25.3. The molecule has 0 aliphatic carbocycles. The van der Waals surface area contributed by atoms with Crippen molar-refractivity contribution in [3.05, 3.63) is 248 Å². The minimum atomic E-state index is -0.279. The molecule has 0 unspecified atom stereocenters. The Morgan fingerprint density at radius 2 is 1.17 bits per heavy atom. The number of aryl methyl sites for hydroxylation is 1. The van der Waals surface area contributed by atoms with Crippen molar-refractivity contribution in [3.63, 3.8) is 0 Å². The van der Waals surface area contributed by atoms with Crippen molar-refractivity contribution in [1.82, 2.24) is 9.55 Å². The van der Waals surface area contributed by atoms with E-state index < -0.39 is 0 Å². The second-order valence-corrected chi connectivity index (χ2v) is 21.2. The Kier molecular flexibility index (Phi) is 12.0. The van der Waals surface area contributed by atoms with E-state index in [1.54, 1.807) is 0 Å². The topological polar surface area (TPSA) is 33.5 Å². The molecule has 3 heterocycles. The molecule has 6 heteroatoms. The first-order chi connectivity index (χ1) is 37.1. The van der Waals surface area contributed by atoms with E-state index in [9.17, 15) is 4.11 Å². The van der Waals surface area contributed by atoms with Crippen LogP contribution in [-0.2, 0) is 31.9 Å². The van der Waals surface area contributed by atoms with Crippen LogP contribution in [0.25, 0.3) is 72.1 Å². The first-order valence-electron chi connectivity index (χ1n) is 26.8. The van der Waals surface area contributed by atoms with Gasteiger partial charge in [-0.3, -0.25) is 0 Å². The summed E-state index contributed by atoms with van der Waals surface area (Å²) in [5, 5.41) is 2.01. The van der Waals surface area contributed by atoms with Crippen molar-refractivity contribution in [2.75, 3.05) is 9.80 Å². The smallest absolute Gasteiger partial charge is 0.135 e. The van der Waals surface area contributed by atoms with Crippen molar-refractivity contribution >= 4 is 44.6 Å². The number of nitrogens with zero attached hydrogens (tertiary/aromatic N) is 4. The van der Waals surface area contributed by atoms with Gasteiger partial charge in [-0.05, 0) is 95.2 Å². The van der Waals surface area contributed by atoms with Gasteiger partial charge >= 0.3 is 0 Å². The minimum Gasteiger partial charge on any atom is -0.509 e. The molecule has 0 spiro atoms. The Balaban J connectivity index is 0.00000645. The Morgan fingerprint density at radius 3 is 1.92 bits per heavy atom. The van der Waals surface area contributed by atoms with Crippen LogP contribution < -0.4 is 14.5 Å². The van der Waals surface area contributed by atoms with E-state index in [-0.39, 0.29) is 61.5 Å². The number of ether oxygens (including phenoxy) is 1. The molecule has 75 heavy (non-hydrogen) atoms. The van der Waals surface area contributed by atoms with Gasteiger partial charge in [0.1, 0.15) is 5.82 Å². The molecule has 2 aromatic heterocycles. The van der Waals surface area contributed by atoms with Crippen LogP contribution in [0.15, 0.2) is 212 Å². The van der Waals surface area contributed by atoms with Gasteiger partial charge in [-0.15, -0.1) is 48.0 Å². The largest absolute Gasteiger partial charge is 0.509 e. The number of hydrogen-bond donors (Lipinski definition) is 0. The van der Waals surface area contributed by atoms with Gasteiger partial charge in [0.05, 0.1) is 0 Å². The predicted molar refractivity (Wildman–Crippen MR) is 308 cm³/mol. The van der Waals surface area contributed by atoms with E-state index in [4.69, 9.17) is 9.72 Å². The van der Waals surface area contributed by atoms with E-state index in [2.05, 4.69) is 210 Å². The third-order valence-electron chi connectivity index (χ3n) is 14.1. The van der Waals surface area contributed by atoms with Crippen LogP contribution in [0.1, 0.15) is 62.3 Å². The molecule has 11 aromatic rings. The molecule has 372 valence electrons. The average molecular weight is 1160 g/mol. The van der Waals surface area contributed by atoms with Crippen LogP contribution >= 0.6 is 0 Å². The third kappa shape index (κ3) is 9.36. The summed E-state index contributed by atoms with van der Waals surface area (Å²) in [7, 11) is 0. The van der Waals surface area contributed by atoms with Crippen molar-refractivity contribution in [2.24, 2.45) is 0 Å². The summed E-state index contributed by atoms with van der Waals surface area (Å²) in [6, 6.07) is 71.6. The summed E-state index contributed by atoms with van der Waals surface area (Å²) in [4.78, 5) is 9.21. The number of para-hydroxylation sites is 4. The monoisotopic (exact) mass is 1160 g/mol. The number of benzene rings is 9. The Bertz CT molecular complexity index is 4070. The molecule has 1 aliphatic heterocycles. The fourth-order valence-corrected chi connectivity index (χ4v) is 10.3. The molecule has 0 radical (unpaired) electrons. The molecule has 9 aromatic carbocycles. The number of rotatable bonds is 9. The summed E-state index contributed by atoms with van der Waals surface area (Å²) in [6.45, 7) is 17.4. The van der Waals surface area contributed by atoms with Crippen molar-refractivity contribution in [1.29, 1.82) is 0 Å². The van der Waals surface area contributed by atoms with Gasteiger partial charge in [-0.1, -0.05) is 198 Å². The van der Waals surface area contributed by atoms with Crippen LogP contribution in [0.2, 0.25) is 0 Å². The second-order valence-electron chi connectivity index (χ2n) is 21.2. The number of fused-ring (bicyclic) bond motifs is 4. The summed E-state index contributed by atoms with van der Waals surface area (Å²) in [5.74, 6) is 1.09. The Hall–Kier alpha value is -7.98. The molecule has 5 nitrogen and oxygen atoms in total. The van der Waals surface area contributed by atoms with Gasteiger partial charge in [0.15, 0.2) is 0 Å². The molecular formula is C69H57N4OPt-3. The molecule has 12 rings (SSSR count). The summed E-state index contributed by atoms with van der Waals surface area (Å²) < 4.78 is 36.7. The van der Waals surface area contributed by atoms with Gasteiger partial charge in [0.25, 0.3) is 0 Å². The van der Waals surface area contributed by atoms with Crippen LogP contribution in [0.4, 0.5) is 22.7 Å². The summed E-state index contributed by atoms with van der Waals surface area (Å²) >= 11 is 0. The van der Waals surface area contributed by atoms with Crippen molar-refractivity contribution in [2.45, 2.75) is 59.3 Å². The maximum atomic E-state index is 9.46. The molecule has 0 saturated carbocycles. The van der Waals surface area contributed by atoms with Crippen molar-refractivity contribution < 1.29 is 29.9 Å². The third-order valence-corrected chi connectivity index (χ3v) is 14.1. The fourth-order valence-electron chi connectivity index (χ4n) is 10.3. The molecule has 0 bridgehead atoms. The number of aromatic nitrogens is 2. The van der Waals surface area contributed by atoms with Gasteiger partial charge < -0.3 is 19.1 Å². The van der Waals surface area contributed by atoms with E-state index in [1.807, 2.05) is 66.3 Å². The van der Waals surface area contributed by atoms with Gasteiger partial charge in [0, 0.05) is 79.4 Å². The summed E-state index contributed by atoms with van der Waals surface area (Å²) in [6.07, 6.45) is 1.98. The summed E-state index contributed by atoms with van der Waals surface area (Å²) in [5.41, 5.74) is 16.6. The normalized spacial score (nSPS) is 13.1. The van der Waals surface area contributed by atoms with Gasteiger partial charge in [0.2, 0.25) is 0 Å². The maximum absolute atomic E-state index is 9.46. The van der Waals surface area contributed by atoms with E-state index >= 15 is 0 Å². The maximum Gasteiger partial charge on any atom is 0.135 e. The zero-order valence-corrected chi connectivity index (χ0v) is 45.3.